The molecule has 0 aliphatic carbocycles. The van der Waals surface area contributed by atoms with Gasteiger partial charge in [0.1, 0.15) is 0 Å². The van der Waals surface area contributed by atoms with E-state index in [1.807, 2.05) is 23.9 Å². The number of nitrogens with zero attached hydrogens (tertiary/aromatic N) is 3. The highest BCUT2D eigenvalue weighted by molar-refractivity contribution is 9.10. The molecule has 1 atom stereocenters. The molecule has 0 aliphatic heterocycles. The average molecular weight is 344 g/mol. The van der Waals surface area contributed by atoms with Gasteiger partial charge in [-0.1, -0.05) is 18.5 Å². The van der Waals surface area contributed by atoms with Crippen LogP contribution in [0.1, 0.15) is 30.8 Å². The topological polar surface area (TPSA) is 42.7 Å². The SMILES string of the molecule is CCCNC(c1ccc(Cl)cn1)c1c(Br)cnn1C. The van der Waals surface area contributed by atoms with Crippen LogP contribution in [0, 0.1) is 0 Å². The molecule has 2 heterocycles. The smallest absolute Gasteiger partial charge is 0.0933 e. The Labute approximate surface area is 126 Å². The van der Waals surface area contributed by atoms with Crippen molar-refractivity contribution in [3.05, 3.63) is 45.4 Å². The van der Waals surface area contributed by atoms with Crippen molar-refractivity contribution in [3.63, 3.8) is 0 Å². The normalized spacial score (nSPS) is 12.6. The summed E-state index contributed by atoms with van der Waals surface area (Å²) in [5.74, 6) is 0. The maximum Gasteiger partial charge on any atom is 0.0933 e. The van der Waals surface area contributed by atoms with Gasteiger partial charge >= 0.3 is 0 Å². The van der Waals surface area contributed by atoms with Crippen LogP contribution in [0.25, 0.3) is 0 Å². The first kappa shape index (κ1) is 14.5. The molecule has 1 unspecified atom stereocenters. The molecule has 2 aromatic rings. The van der Waals surface area contributed by atoms with Crippen molar-refractivity contribution >= 4 is 27.5 Å². The number of rotatable bonds is 5. The lowest BCUT2D eigenvalue weighted by Gasteiger charge is -2.19. The summed E-state index contributed by atoms with van der Waals surface area (Å²) in [5.41, 5.74) is 1.99. The molecule has 6 heteroatoms. The van der Waals surface area contributed by atoms with Gasteiger partial charge in [-0.2, -0.15) is 5.10 Å². The predicted molar refractivity (Wildman–Crippen MR) is 80.3 cm³/mol. The molecule has 2 aromatic heterocycles. The lowest BCUT2D eigenvalue weighted by molar-refractivity contribution is 0.542. The van der Waals surface area contributed by atoms with Gasteiger partial charge in [-0.15, -0.1) is 0 Å². The first-order valence-corrected chi connectivity index (χ1v) is 7.32. The van der Waals surface area contributed by atoms with Crippen LogP contribution in [-0.4, -0.2) is 21.3 Å². The van der Waals surface area contributed by atoms with Gasteiger partial charge in [-0.05, 0) is 41.0 Å². The minimum absolute atomic E-state index is 0.000841. The highest BCUT2D eigenvalue weighted by Crippen LogP contribution is 2.27. The van der Waals surface area contributed by atoms with E-state index in [0.717, 1.165) is 28.8 Å². The van der Waals surface area contributed by atoms with Crippen molar-refractivity contribution in [1.29, 1.82) is 0 Å². The van der Waals surface area contributed by atoms with Gasteiger partial charge in [0.25, 0.3) is 0 Å². The maximum atomic E-state index is 5.90. The van der Waals surface area contributed by atoms with Crippen molar-refractivity contribution in [3.8, 4) is 0 Å². The molecule has 0 aromatic carbocycles. The molecule has 0 saturated carbocycles. The fourth-order valence-corrected chi connectivity index (χ4v) is 2.62. The minimum Gasteiger partial charge on any atom is -0.304 e. The minimum atomic E-state index is -0.000841. The lowest BCUT2D eigenvalue weighted by atomic mass is 10.1. The van der Waals surface area contributed by atoms with E-state index in [1.54, 1.807) is 12.4 Å². The maximum absolute atomic E-state index is 5.90. The third-order valence-corrected chi connectivity index (χ3v) is 3.69. The zero-order valence-electron chi connectivity index (χ0n) is 10.9. The number of hydrogen-bond donors (Lipinski definition) is 1. The number of nitrogens with one attached hydrogen (secondary N) is 1. The summed E-state index contributed by atoms with van der Waals surface area (Å²) in [6.45, 7) is 3.05. The predicted octanol–water partition coefficient (Wildman–Crippen LogP) is 3.32. The Morgan fingerprint density at radius 3 is 2.74 bits per heavy atom. The third kappa shape index (κ3) is 3.35. The first-order valence-electron chi connectivity index (χ1n) is 6.15. The van der Waals surface area contributed by atoms with Crippen molar-refractivity contribution in [1.82, 2.24) is 20.1 Å². The summed E-state index contributed by atoms with van der Waals surface area (Å²) in [5, 5.41) is 8.40. The molecule has 0 saturated heterocycles. The molecule has 1 N–H and O–H groups in total. The van der Waals surface area contributed by atoms with Gasteiger partial charge in [-0.25, -0.2) is 0 Å². The van der Waals surface area contributed by atoms with Crippen molar-refractivity contribution in [2.45, 2.75) is 19.4 Å². The number of halogens is 2. The Morgan fingerprint density at radius 1 is 1.42 bits per heavy atom. The van der Waals surface area contributed by atoms with E-state index in [0.29, 0.717) is 5.02 Å². The van der Waals surface area contributed by atoms with Crippen molar-refractivity contribution in [2.24, 2.45) is 7.05 Å². The van der Waals surface area contributed by atoms with Crippen LogP contribution >= 0.6 is 27.5 Å². The molecule has 0 radical (unpaired) electrons. The molecule has 0 aliphatic rings. The number of aromatic nitrogens is 3. The van der Waals surface area contributed by atoms with Gasteiger partial charge in [0.15, 0.2) is 0 Å². The molecular weight excluding hydrogens is 328 g/mol. The molecule has 0 spiro atoms. The van der Waals surface area contributed by atoms with Crippen LogP contribution in [0.2, 0.25) is 5.02 Å². The van der Waals surface area contributed by atoms with E-state index in [-0.39, 0.29) is 6.04 Å². The van der Waals surface area contributed by atoms with Crippen LogP contribution in [0.15, 0.2) is 29.0 Å². The van der Waals surface area contributed by atoms with Crippen LogP contribution in [0.5, 0.6) is 0 Å². The molecule has 0 fully saturated rings. The average Bonchev–Trinajstić information content (AvgIpc) is 2.73. The second kappa shape index (κ2) is 6.50. The highest BCUT2D eigenvalue weighted by Gasteiger charge is 2.21. The fraction of sp³-hybridized carbons (Fsp3) is 0.385. The third-order valence-electron chi connectivity index (χ3n) is 2.86. The van der Waals surface area contributed by atoms with E-state index in [2.05, 4.69) is 38.3 Å². The molecule has 19 heavy (non-hydrogen) atoms. The van der Waals surface area contributed by atoms with Gasteiger partial charge in [0, 0.05) is 13.2 Å². The summed E-state index contributed by atoms with van der Waals surface area (Å²) in [6, 6.07) is 3.79. The summed E-state index contributed by atoms with van der Waals surface area (Å²) in [7, 11) is 1.93. The van der Waals surface area contributed by atoms with Crippen LogP contribution < -0.4 is 5.32 Å². The standard InChI is InChI=1S/C13H16BrClN4/c1-3-6-16-12(11-5-4-9(15)7-17-11)13-10(14)8-18-19(13)2/h4-5,7-8,12,16H,3,6H2,1-2H3. The summed E-state index contributed by atoms with van der Waals surface area (Å²) in [4.78, 5) is 4.41. The fourth-order valence-electron chi connectivity index (χ4n) is 1.93. The second-order valence-electron chi connectivity index (χ2n) is 4.29. The summed E-state index contributed by atoms with van der Waals surface area (Å²) >= 11 is 9.44. The van der Waals surface area contributed by atoms with E-state index >= 15 is 0 Å². The zero-order valence-corrected chi connectivity index (χ0v) is 13.2. The quantitative estimate of drug-likeness (QED) is 0.905. The van der Waals surface area contributed by atoms with E-state index in [9.17, 15) is 0 Å². The van der Waals surface area contributed by atoms with Crippen LogP contribution in [-0.2, 0) is 7.05 Å². The van der Waals surface area contributed by atoms with Gasteiger partial charge < -0.3 is 5.32 Å². The van der Waals surface area contributed by atoms with Crippen LogP contribution in [0.3, 0.4) is 0 Å². The van der Waals surface area contributed by atoms with E-state index in [1.165, 1.54) is 0 Å². The lowest BCUT2D eigenvalue weighted by Crippen LogP contribution is -2.26. The number of pyridine rings is 1. The first-order chi connectivity index (χ1) is 9.13. The van der Waals surface area contributed by atoms with Gasteiger partial charge in [0.05, 0.1) is 33.1 Å². The Bertz CT molecular complexity index is 519. The Kier molecular flexibility index (Phi) is 4.96. The second-order valence-corrected chi connectivity index (χ2v) is 5.58. The Morgan fingerprint density at radius 2 is 2.21 bits per heavy atom. The Hall–Kier alpha value is -0.910. The zero-order chi connectivity index (χ0) is 13.8. The molecule has 102 valence electrons. The Balaban J connectivity index is 2.38. The van der Waals surface area contributed by atoms with E-state index in [4.69, 9.17) is 11.6 Å². The van der Waals surface area contributed by atoms with Crippen LogP contribution in [0.4, 0.5) is 0 Å². The van der Waals surface area contributed by atoms with E-state index < -0.39 is 0 Å². The van der Waals surface area contributed by atoms with Crippen molar-refractivity contribution in [2.75, 3.05) is 6.54 Å². The molecule has 4 nitrogen and oxygen atoms in total. The van der Waals surface area contributed by atoms with Crippen molar-refractivity contribution < 1.29 is 0 Å². The molecule has 0 bridgehead atoms. The summed E-state index contributed by atoms with van der Waals surface area (Å²) in [6.07, 6.45) is 4.52. The molecule has 0 amide bonds. The molecule has 2 rings (SSSR count). The monoisotopic (exact) mass is 342 g/mol. The van der Waals surface area contributed by atoms with Gasteiger partial charge in [-0.3, -0.25) is 9.67 Å². The van der Waals surface area contributed by atoms with Gasteiger partial charge in [0.2, 0.25) is 0 Å². The summed E-state index contributed by atoms with van der Waals surface area (Å²) < 4.78 is 2.83. The molecular formula is C13H16BrClN4. The number of hydrogen-bond acceptors (Lipinski definition) is 3. The largest absolute Gasteiger partial charge is 0.304 e. The highest BCUT2D eigenvalue weighted by atomic mass is 79.9. The number of aryl methyl sites for hydroxylation is 1.